The molecule has 8 heteroatoms. The highest BCUT2D eigenvalue weighted by atomic mass is 19.4. The van der Waals surface area contributed by atoms with Crippen molar-refractivity contribution in [2.45, 2.75) is 19.0 Å². The van der Waals surface area contributed by atoms with Crippen molar-refractivity contribution in [3.05, 3.63) is 47.4 Å². The van der Waals surface area contributed by atoms with Gasteiger partial charge in [-0.15, -0.1) is 0 Å². The average Bonchev–Trinajstić information content (AvgIpc) is 2.63. The summed E-state index contributed by atoms with van der Waals surface area (Å²) in [5.41, 5.74) is 0.532. The van der Waals surface area contributed by atoms with E-state index in [0.29, 0.717) is 23.4 Å². The zero-order valence-corrected chi connectivity index (χ0v) is 15.3. The lowest BCUT2D eigenvalue weighted by Crippen LogP contribution is -2.27. The van der Waals surface area contributed by atoms with Gasteiger partial charge in [0.05, 0.1) is 11.3 Å². The van der Waals surface area contributed by atoms with Gasteiger partial charge >= 0.3 is 6.18 Å². The molecule has 0 bridgehead atoms. The van der Waals surface area contributed by atoms with Crippen molar-refractivity contribution in [2.24, 2.45) is 0 Å². The molecule has 144 valence electrons. The van der Waals surface area contributed by atoms with Crippen LogP contribution in [-0.4, -0.2) is 48.6 Å². The Labute approximate surface area is 156 Å². The Balaban J connectivity index is 2.10. The van der Waals surface area contributed by atoms with E-state index in [4.69, 9.17) is 5.26 Å². The second-order valence-electron chi connectivity index (χ2n) is 6.42. The number of halogens is 3. The Hall–Kier alpha value is -2.50. The van der Waals surface area contributed by atoms with E-state index in [1.807, 2.05) is 20.2 Å². The third-order valence-electron chi connectivity index (χ3n) is 3.89. The van der Waals surface area contributed by atoms with Crippen LogP contribution >= 0.6 is 0 Å². The summed E-state index contributed by atoms with van der Waals surface area (Å²) >= 11 is 0. The van der Waals surface area contributed by atoms with Crippen molar-refractivity contribution in [1.82, 2.24) is 20.2 Å². The van der Waals surface area contributed by atoms with Gasteiger partial charge in [-0.3, -0.25) is 0 Å². The van der Waals surface area contributed by atoms with Crippen molar-refractivity contribution in [3.8, 4) is 17.3 Å². The molecule has 1 heterocycles. The Bertz CT molecular complexity index is 797. The van der Waals surface area contributed by atoms with E-state index < -0.39 is 11.7 Å². The number of benzene rings is 1. The highest BCUT2D eigenvalue weighted by molar-refractivity contribution is 5.61. The van der Waals surface area contributed by atoms with E-state index in [0.717, 1.165) is 38.2 Å². The number of aromatic nitrogens is 2. The normalized spacial score (nSPS) is 11.6. The second-order valence-corrected chi connectivity index (χ2v) is 6.42. The van der Waals surface area contributed by atoms with Crippen molar-refractivity contribution >= 4 is 0 Å². The van der Waals surface area contributed by atoms with Crippen molar-refractivity contribution in [3.63, 3.8) is 0 Å². The minimum atomic E-state index is -4.43. The molecular weight excluding hydrogens is 355 g/mol. The van der Waals surface area contributed by atoms with Gasteiger partial charge in [-0.2, -0.15) is 18.4 Å². The third-order valence-corrected chi connectivity index (χ3v) is 3.89. The minimum Gasteiger partial charge on any atom is -0.315 e. The second kappa shape index (κ2) is 9.44. The molecule has 2 aromatic rings. The van der Waals surface area contributed by atoms with E-state index in [1.165, 1.54) is 6.07 Å². The monoisotopic (exact) mass is 377 g/mol. The number of nitrogens with zero attached hydrogens (tertiary/aromatic N) is 4. The number of alkyl halides is 3. The van der Waals surface area contributed by atoms with Crippen LogP contribution in [0.4, 0.5) is 13.2 Å². The van der Waals surface area contributed by atoms with Crippen LogP contribution in [0.25, 0.3) is 11.3 Å². The van der Waals surface area contributed by atoms with Gasteiger partial charge in [0.1, 0.15) is 6.07 Å². The van der Waals surface area contributed by atoms with Crippen LogP contribution in [-0.2, 0) is 12.6 Å². The molecule has 2 rings (SSSR count). The number of hydrogen-bond donors (Lipinski definition) is 1. The zero-order chi connectivity index (χ0) is 19.9. The Kier molecular flexibility index (Phi) is 7.28. The molecule has 0 atom stereocenters. The molecule has 0 fully saturated rings. The molecule has 1 N–H and O–H groups in total. The summed E-state index contributed by atoms with van der Waals surface area (Å²) in [7, 11) is 4.00. The Morgan fingerprint density at radius 1 is 1.15 bits per heavy atom. The van der Waals surface area contributed by atoms with Gasteiger partial charge in [0.25, 0.3) is 0 Å². The predicted molar refractivity (Wildman–Crippen MR) is 96.9 cm³/mol. The fourth-order valence-corrected chi connectivity index (χ4v) is 2.50. The van der Waals surface area contributed by atoms with Gasteiger partial charge in [-0.25, -0.2) is 9.97 Å². The maximum atomic E-state index is 12.9. The predicted octanol–water partition coefficient (Wildman–Crippen LogP) is 3.12. The third kappa shape index (κ3) is 6.62. The number of nitriles is 1. The van der Waals surface area contributed by atoms with Gasteiger partial charge in [0.2, 0.25) is 5.82 Å². The van der Waals surface area contributed by atoms with Crippen LogP contribution < -0.4 is 5.32 Å². The lowest BCUT2D eigenvalue weighted by molar-refractivity contribution is -0.137. The standard InChI is InChI=1S/C19H22F3N5/c1-27(2)10-9-24-8-4-7-16-12-17(26-18(13-23)25-16)14-5-3-6-15(11-14)19(20,21)22/h3,5-6,11-12,24H,4,7-10H2,1-2H3. The van der Waals surface area contributed by atoms with Crippen LogP contribution in [0.3, 0.4) is 0 Å². The summed E-state index contributed by atoms with van der Waals surface area (Å²) in [5.74, 6) is -0.0412. The Morgan fingerprint density at radius 3 is 2.59 bits per heavy atom. The summed E-state index contributed by atoms with van der Waals surface area (Å²) in [6.07, 6.45) is -3.02. The molecule has 0 saturated carbocycles. The van der Waals surface area contributed by atoms with Crippen molar-refractivity contribution in [1.29, 1.82) is 5.26 Å². The topological polar surface area (TPSA) is 64.8 Å². The summed E-state index contributed by atoms with van der Waals surface area (Å²) in [6, 6.07) is 8.46. The van der Waals surface area contributed by atoms with Gasteiger partial charge in [-0.05, 0) is 51.7 Å². The maximum Gasteiger partial charge on any atom is 0.416 e. The lowest BCUT2D eigenvalue weighted by Gasteiger charge is -2.11. The summed E-state index contributed by atoms with van der Waals surface area (Å²) in [5, 5.41) is 12.4. The maximum absolute atomic E-state index is 12.9. The van der Waals surface area contributed by atoms with Gasteiger partial charge in [-0.1, -0.05) is 12.1 Å². The van der Waals surface area contributed by atoms with Crippen LogP contribution in [0.5, 0.6) is 0 Å². The molecule has 5 nitrogen and oxygen atoms in total. The average molecular weight is 377 g/mol. The van der Waals surface area contributed by atoms with E-state index in [1.54, 1.807) is 12.1 Å². The summed E-state index contributed by atoms with van der Waals surface area (Å²) in [4.78, 5) is 10.3. The molecule has 1 aromatic carbocycles. The quantitative estimate of drug-likeness (QED) is 0.716. The number of hydrogen-bond acceptors (Lipinski definition) is 5. The number of rotatable bonds is 8. The van der Waals surface area contributed by atoms with E-state index in [9.17, 15) is 13.2 Å². The fourth-order valence-electron chi connectivity index (χ4n) is 2.50. The summed E-state index contributed by atoms with van der Waals surface area (Å²) in [6.45, 7) is 2.60. The molecule has 0 saturated heterocycles. The first-order valence-electron chi connectivity index (χ1n) is 8.61. The first kappa shape index (κ1) is 20.8. The smallest absolute Gasteiger partial charge is 0.315 e. The zero-order valence-electron chi connectivity index (χ0n) is 15.3. The first-order valence-corrected chi connectivity index (χ1v) is 8.61. The number of nitrogens with one attached hydrogen (secondary N) is 1. The van der Waals surface area contributed by atoms with Crippen LogP contribution in [0, 0.1) is 11.3 Å². The van der Waals surface area contributed by atoms with E-state index >= 15 is 0 Å². The molecule has 0 aliphatic heterocycles. The SMILES string of the molecule is CN(C)CCNCCCc1cc(-c2cccc(C(F)(F)F)c2)nc(C#N)n1. The molecular formula is C19H22F3N5. The molecule has 0 aliphatic carbocycles. The van der Waals surface area contributed by atoms with Crippen LogP contribution in [0.1, 0.15) is 23.5 Å². The van der Waals surface area contributed by atoms with Gasteiger partial charge < -0.3 is 10.2 Å². The number of aryl methyl sites for hydroxylation is 1. The first-order chi connectivity index (χ1) is 12.8. The molecule has 0 amide bonds. The highest BCUT2D eigenvalue weighted by Gasteiger charge is 2.30. The van der Waals surface area contributed by atoms with Crippen molar-refractivity contribution < 1.29 is 13.2 Å². The van der Waals surface area contributed by atoms with Crippen LogP contribution in [0.2, 0.25) is 0 Å². The highest BCUT2D eigenvalue weighted by Crippen LogP contribution is 2.31. The summed E-state index contributed by atoms with van der Waals surface area (Å²) < 4.78 is 38.8. The van der Waals surface area contributed by atoms with Crippen molar-refractivity contribution in [2.75, 3.05) is 33.7 Å². The number of likely N-dealkylation sites (N-methyl/N-ethyl adjacent to an activating group) is 1. The molecule has 1 aromatic heterocycles. The lowest BCUT2D eigenvalue weighted by atomic mass is 10.1. The fraction of sp³-hybridized carbons (Fsp3) is 0.421. The van der Waals surface area contributed by atoms with E-state index in [2.05, 4.69) is 20.2 Å². The largest absolute Gasteiger partial charge is 0.416 e. The van der Waals surface area contributed by atoms with Gasteiger partial charge in [0, 0.05) is 24.3 Å². The van der Waals surface area contributed by atoms with Gasteiger partial charge in [0.15, 0.2) is 0 Å². The molecule has 0 aliphatic rings. The Morgan fingerprint density at radius 2 is 1.93 bits per heavy atom. The minimum absolute atomic E-state index is 0.0412. The van der Waals surface area contributed by atoms with E-state index in [-0.39, 0.29) is 5.82 Å². The molecule has 0 unspecified atom stereocenters. The molecule has 27 heavy (non-hydrogen) atoms. The molecule has 0 spiro atoms. The molecule has 0 radical (unpaired) electrons. The van der Waals surface area contributed by atoms with Crippen LogP contribution in [0.15, 0.2) is 30.3 Å².